The molecule has 0 saturated heterocycles. The summed E-state index contributed by atoms with van der Waals surface area (Å²) < 4.78 is 49.3. The number of carbonyl (C=O) groups excluding carboxylic acids is 2. The van der Waals surface area contributed by atoms with E-state index in [0.717, 1.165) is 11.6 Å². The molecule has 0 aliphatic heterocycles. The molecule has 0 spiro atoms. The molecule has 5 nitrogen and oxygen atoms in total. The average molecular weight is 353 g/mol. The molecule has 0 bridgehead atoms. The molecule has 1 N–H and O–H groups in total. The van der Waals surface area contributed by atoms with Crippen molar-refractivity contribution in [1.82, 2.24) is 0 Å². The second kappa shape index (κ2) is 7.69. The zero-order valence-electron chi connectivity index (χ0n) is 13.4. The molecule has 0 unspecified atom stereocenters. The number of nitrogens with one attached hydrogen (secondary N) is 1. The number of rotatable bonds is 5. The van der Waals surface area contributed by atoms with Gasteiger partial charge in [-0.3, -0.25) is 4.79 Å². The molecule has 0 aromatic heterocycles. The topological polar surface area (TPSA) is 64.6 Å². The van der Waals surface area contributed by atoms with Gasteiger partial charge in [0.15, 0.2) is 24.1 Å². The van der Waals surface area contributed by atoms with Gasteiger partial charge in [-0.15, -0.1) is 0 Å². The zero-order valence-corrected chi connectivity index (χ0v) is 13.4. The van der Waals surface area contributed by atoms with Crippen LogP contribution in [-0.2, 0) is 9.53 Å². The second-order valence-corrected chi connectivity index (χ2v) is 5.05. The van der Waals surface area contributed by atoms with Gasteiger partial charge in [0.1, 0.15) is 11.3 Å². The normalized spacial score (nSPS) is 10.3. The number of amides is 1. The minimum atomic E-state index is -1.71. The van der Waals surface area contributed by atoms with Crippen LogP contribution in [0.2, 0.25) is 0 Å². The Balaban J connectivity index is 2.02. The molecule has 0 atom stereocenters. The maximum atomic E-state index is 13.5. The van der Waals surface area contributed by atoms with Crippen molar-refractivity contribution in [1.29, 1.82) is 0 Å². The van der Waals surface area contributed by atoms with Crippen molar-refractivity contribution < 1.29 is 32.2 Å². The molecule has 2 rings (SSSR count). The van der Waals surface area contributed by atoms with Crippen LogP contribution in [0.15, 0.2) is 30.3 Å². The predicted octanol–water partition coefficient (Wildman–Crippen LogP) is 3.22. The largest absolute Gasteiger partial charge is 0.496 e. The SMILES string of the molecule is COc1ccc(C)cc1C(=O)OCC(=O)Nc1ccc(F)c(F)c1F. The molecule has 0 aliphatic carbocycles. The lowest BCUT2D eigenvalue weighted by Gasteiger charge is -2.10. The number of hydrogen-bond acceptors (Lipinski definition) is 4. The summed E-state index contributed by atoms with van der Waals surface area (Å²) in [4.78, 5) is 23.7. The Kier molecular flexibility index (Phi) is 5.63. The van der Waals surface area contributed by atoms with Crippen molar-refractivity contribution in [3.8, 4) is 5.75 Å². The summed E-state index contributed by atoms with van der Waals surface area (Å²) in [6, 6.07) is 6.35. The highest BCUT2D eigenvalue weighted by atomic mass is 19.2. The Morgan fingerprint density at radius 3 is 2.48 bits per heavy atom. The van der Waals surface area contributed by atoms with Gasteiger partial charge < -0.3 is 14.8 Å². The minimum absolute atomic E-state index is 0.120. The Bertz CT molecular complexity index is 824. The molecule has 0 heterocycles. The van der Waals surface area contributed by atoms with E-state index in [-0.39, 0.29) is 11.3 Å². The van der Waals surface area contributed by atoms with Crippen molar-refractivity contribution in [2.45, 2.75) is 6.92 Å². The van der Waals surface area contributed by atoms with E-state index in [1.807, 2.05) is 5.32 Å². The fourth-order valence-corrected chi connectivity index (χ4v) is 2.00. The van der Waals surface area contributed by atoms with Crippen molar-refractivity contribution in [2.24, 2.45) is 0 Å². The lowest BCUT2D eigenvalue weighted by molar-refractivity contribution is -0.119. The van der Waals surface area contributed by atoms with Crippen LogP contribution in [0.3, 0.4) is 0 Å². The lowest BCUT2D eigenvalue weighted by Crippen LogP contribution is -2.22. The van der Waals surface area contributed by atoms with Crippen molar-refractivity contribution in [3.63, 3.8) is 0 Å². The molecular formula is C17H14F3NO4. The molecule has 0 radical (unpaired) electrons. The number of esters is 1. The number of hydrogen-bond donors (Lipinski definition) is 1. The van der Waals surface area contributed by atoms with Crippen LogP contribution >= 0.6 is 0 Å². The highest BCUT2D eigenvalue weighted by Crippen LogP contribution is 2.21. The first-order valence-electron chi connectivity index (χ1n) is 7.08. The quantitative estimate of drug-likeness (QED) is 0.662. The standard InChI is InChI=1S/C17H14F3NO4/c1-9-3-6-13(24-2)10(7-9)17(23)25-8-14(22)21-12-5-4-11(18)15(19)16(12)20/h3-7H,8H2,1-2H3,(H,21,22). The van der Waals surface area contributed by atoms with Crippen LogP contribution in [0.25, 0.3) is 0 Å². The summed E-state index contributed by atoms with van der Waals surface area (Å²) in [5.74, 6) is -6.10. The summed E-state index contributed by atoms with van der Waals surface area (Å²) in [7, 11) is 1.38. The number of methoxy groups -OCH3 is 1. The molecule has 0 saturated carbocycles. The van der Waals surface area contributed by atoms with Crippen LogP contribution in [0.4, 0.5) is 18.9 Å². The van der Waals surface area contributed by atoms with Gasteiger partial charge in [0.25, 0.3) is 5.91 Å². The van der Waals surface area contributed by atoms with Gasteiger partial charge in [-0.1, -0.05) is 11.6 Å². The summed E-state index contributed by atoms with van der Waals surface area (Å²) >= 11 is 0. The van der Waals surface area contributed by atoms with Crippen molar-refractivity contribution in [3.05, 3.63) is 58.9 Å². The van der Waals surface area contributed by atoms with Gasteiger partial charge in [0.05, 0.1) is 12.8 Å². The van der Waals surface area contributed by atoms with Crippen LogP contribution in [0.1, 0.15) is 15.9 Å². The zero-order chi connectivity index (χ0) is 18.6. The average Bonchev–Trinajstić information content (AvgIpc) is 2.60. The monoisotopic (exact) mass is 353 g/mol. The smallest absolute Gasteiger partial charge is 0.342 e. The molecule has 1 amide bonds. The van der Waals surface area contributed by atoms with Crippen LogP contribution in [-0.4, -0.2) is 25.6 Å². The molecule has 132 valence electrons. The molecule has 8 heteroatoms. The highest BCUT2D eigenvalue weighted by Gasteiger charge is 2.18. The predicted molar refractivity (Wildman–Crippen MR) is 83.0 cm³/mol. The first kappa shape index (κ1) is 18.3. The molecule has 0 fully saturated rings. The molecule has 25 heavy (non-hydrogen) atoms. The van der Waals surface area contributed by atoms with Crippen LogP contribution in [0.5, 0.6) is 5.75 Å². The van der Waals surface area contributed by atoms with E-state index in [1.54, 1.807) is 19.1 Å². The summed E-state index contributed by atoms with van der Waals surface area (Å²) in [5, 5.41) is 2.00. The third-order valence-electron chi connectivity index (χ3n) is 3.22. The van der Waals surface area contributed by atoms with Crippen molar-refractivity contribution in [2.75, 3.05) is 19.0 Å². The van der Waals surface area contributed by atoms with E-state index in [0.29, 0.717) is 6.07 Å². The van der Waals surface area contributed by atoms with Gasteiger partial charge in [-0.2, -0.15) is 0 Å². The fraction of sp³-hybridized carbons (Fsp3) is 0.176. The number of aryl methyl sites for hydroxylation is 1. The Hall–Kier alpha value is -3.03. The molecular weight excluding hydrogens is 339 g/mol. The van der Waals surface area contributed by atoms with E-state index in [1.165, 1.54) is 13.2 Å². The number of halogens is 3. The number of carbonyl (C=O) groups is 2. The van der Waals surface area contributed by atoms with Gasteiger partial charge in [0.2, 0.25) is 0 Å². The summed E-state index contributed by atoms with van der Waals surface area (Å²) in [6.45, 7) is 1.02. The number of anilines is 1. The minimum Gasteiger partial charge on any atom is -0.496 e. The maximum absolute atomic E-state index is 13.5. The van der Waals surface area contributed by atoms with Gasteiger partial charge >= 0.3 is 5.97 Å². The van der Waals surface area contributed by atoms with E-state index >= 15 is 0 Å². The van der Waals surface area contributed by atoms with Crippen LogP contribution in [0, 0.1) is 24.4 Å². The molecule has 2 aromatic carbocycles. The maximum Gasteiger partial charge on any atom is 0.342 e. The van der Waals surface area contributed by atoms with E-state index in [9.17, 15) is 22.8 Å². The Morgan fingerprint density at radius 2 is 1.80 bits per heavy atom. The van der Waals surface area contributed by atoms with Gasteiger partial charge in [-0.05, 0) is 31.2 Å². The fourth-order valence-electron chi connectivity index (χ4n) is 2.00. The number of ether oxygens (including phenoxy) is 2. The number of benzene rings is 2. The second-order valence-electron chi connectivity index (χ2n) is 5.05. The first-order chi connectivity index (χ1) is 11.8. The van der Waals surface area contributed by atoms with E-state index in [4.69, 9.17) is 9.47 Å². The third-order valence-corrected chi connectivity index (χ3v) is 3.22. The van der Waals surface area contributed by atoms with Gasteiger partial charge in [0, 0.05) is 0 Å². The third kappa shape index (κ3) is 4.28. The lowest BCUT2D eigenvalue weighted by atomic mass is 10.1. The first-order valence-corrected chi connectivity index (χ1v) is 7.08. The van der Waals surface area contributed by atoms with Crippen LogP contribution < -0.4 is 10.1 Å². The Labute approximate surface area is 141 Å². The van der Waals surface area contributed by atoms with E-state index < -0.39 is 41.6 Å². The van der Waals surface area contributed by atoms with E-state index in [2.05, 4.69) is 0 Å². The van der Waals surface area contributed by atoms with Crippen molar-refractivity contribution >= 4 is 17.6 Å². The highest BCUT2D eigenvalue weighted by molar-refractivity contribution is 5.97. The summed E-state index contributed by atoms with van der Waals surface area (Å²) in [6.07, 6.45) is 0. The molecule has 0 aliphatic rings. The summed E-state index contributed by atoms with van der Waals surface area (Å²) in [5.41, 5.74) is 0.337. The Morgan fingerprint density at radius 1 is 1.08 bits per heavy atom. The van der Waals surface area contributed by atoms with Gasteiger partial charge in [-0.25, -0.2) is 18.0 Å². The molecule has 2 aromatic rings.